The average molecular weight is 472 g/mol. The first-order valence-corrected chi connectivity index (χ1v) is 10.6. The molecule has 1 N–H and O–H groups in total. The summed E-state index contributed by atoms with van der Waals surface area (Å²) in [6.07, 6.45) is 3.08. The first kappa shape index (κ1) is 20.7. The smallest absolute Gasteiger partial charge is 0.295 e. The number of aliphatic hydroxyl groups excluding tert-OH is 1. The van der Waals surface area contributed by atoms with Gasteiger partial charge in [0.1, 0.15) is 5.76 Å². The molecular formula is C22H22BrN3O4. The SMILES string of the molecule is O=C1C(=O)N(CCN2CCOCC2)C(c2cccc(Br)c2)/C1=C(\O)c1ccncc1. The van der Waals surface area contributed by atoms with E-state index in [1.54, 1.807) is 17.0 Å². The van der Waals surface area contributed by atoms with E-state index in [4.69, 9.17) is 4.74 Å². The molecule has 1 aromatic heterocycles. The van der Waals surface area contributed by atoms with Crippen LogP contribution in [0.15, 0.2) is 58.8 Å². The van der Waals surface area contributed by atoms with E-state index in [0.29, 0.717) is 31.9 Å². The maximum Gasteiger partial charge on any atom is 0.295 e. The van der Waals surface area contributed by atoms with Gasteiger partial charge < -0.3 is 14.7 Å². The standard InChI is InChI=1S/C22H22BrN3O4/c23-17-3-1-2-16(14-17)19-18(20(27)15-4-6-24-7-5-15)21(28)22(29)26(19)9-8-25-10-12-30-13-11-25/h1-7,14,19,27H,8-13H2/b20-18+. The van der Waals surface area contributed by atoms with Crippen molar-refractivity contribution in [2.75, 3.05) is 39.4 Å². The fourth-order valence-electron chi connectivity index (χ4n) is 3.87. The number of rotatable bonds is 5. The Labute approximate surface area is 183 Å². The van der Waals surface area contributed by atoms with E-state index >= 15 is 0 Å². The monoisotopic (exact) mass is 471 g/mol. The third-order valence-electron chi connectivity index (χ3n) is 5.42. The molecule has 0 aliphatic carbocycles. The molecule has 7 nitrogen and oxygen atoms in total. The van der Waals surface area contributed by atoms with Gasteiger partial charge >= 0.3 is 0 Å². The maximum absolute atomic E-state index is 13.0. The molecule has 30 heavy (non-hydrogen) atoms. The maximum atomic E-state index is 13.0. The summed E-state index contributed by atoms with van der Waals surface area (Å²) >= 11 is 3.47. The van der Waals surface area contributed by atoms with E-state index in [0.717, 1.165) is 23.1 Å². The van der Waals surface area contributed by atoms with Crippen molar-refractivity contribution in [2.45, 2.75) is 6.04 Å². The number of ketones is 1. The number of nitrogens with zero attached hydrogens (tertiary/aromatic N) is 3. The highest BCUT2D eigenvalue weighted by Gasteiger charge is 2.46. The van der Waals surface area contributed by atoms with E-state index in [1.165, 1.54) is 12.4 Å². The Bertz CT molecular complexity index is 973. The van der Waals surface area contributed by atoms with Crippen LogP contribution >= 0.6 is 15.9 Å². The van der Waals surface area contributed by atoms with Crippen LogP contribution in [-0.2, 0) is 14.3 Å². The van der Waals surface area contributed by atoms with Gasteiger partial charge in [0.25, 0.3) is 11.7 Å². The minimum absolute atomic E-state index is 0.103. The van der Waals surface area contributed by atoms with Gasteiger partial charge in [-0.2, -0.15) is 0 Å². The highest BCUT2D eigenvalue weighted by atomic mass is 79.9. The van der Waals surface area contributed by atoms with Gasteiger partial charge in [-0.3, -0.25) is 19.5 Å². The van der Waals surface area contributed by atoms with Crippen molar-refractivity contribution < 1.29 is 19.4 Å². The molecule has 0 saturated carbocycles. The molecule has 2 aliphatic heterocycles. The summed E-state index contributed by atoms with van der Waals surface area (Å²) in [6.45, 7) is 3.93. The Morgan fingerprint density at radius 3 is 2.57 bits per heavy atom. The second-order valence-electron chi connectivity index (χ2n) is 7.24. The van der Waals surface area contributed by atoms with Crippen LogP contribution in [0.3, 0.4) is 0 Å². The molecule has 156 valence electrons. The summed E-state index contributed by atoms with van der Waals surface area (Å²) in [5, 5.41) is 11.0. The fraction of sp³-hybridized carbons (Fsp3) is 0.318. The molecular weight excluding hydrogens is 450 g/mol. The fourth-order valence-corrected chi connectivity index (χ4v) is 4.29. The van der Waals surface area contributed by atoms with Crippen molar-refractivity contribution in [1.82, 2.24) is 14.8 Å². The lowest BCUT2D eigenvalue weighted by Crippen LogP contribution is -2.42. The van der Waals surface area contributed by atoms with Crippen molar-refractivity contribution in [3.05, 3.63) is 70.0 Å². The number of aliphatic hydroxyl groups is 1. The van der Waals surface area contributed by atoms with Crippen LogP contribution in [0, 0.1) is 0 Å². The number of hydrogen-bond acceptors (Lipinski definition) is 6. The highest BCUT2D eigenvalue weighted by molar-refractivity contribution is 9.10. The zero-order chi connectivity index (χ0) is 21.1. The Balaban J connectivity index is 1.73. The zero-order valence-electron chi connectivity index (χ0n) is 16.3. The Morgan fingerprint density at radius 2 is 1.87 bits per heavy atom. The number of ether oxygens (including phenoxy) is 1. The summed E-state index contributed by atoms with van der Waals surface area (Å²) in [5.74, 6) is -1.45. The van der Waals surface area contributed by atoms with E-state index in [1.807, 2.05) is 24.3 Å². The second kappa shape index (κ2) is 9.07. The van der Waals surface area contributed by atoms with Crippen LogP contribution in [0.5, 0.6) is 0 Å². The highest BCUT2D eigenvalue weighted by Crippen LogP contribution is 2.39. The molecule has 2 saturated heterocycles. The van der Waals surface area contributed by atoms with Crippen LogP contribution in [-0.4, -0.2) is 71.0 Å². The summed E-state index contributed by atoms with van der Waals surface area (Å²) in [5.41, 5.74) is 1.32. The number of halogens is 1. The van der Waals surface area contributed by atoms with Crippen LogP contribution in [0.1, 0.15) is 17.2 Å². The average Bonchev–Trinajstić information content (AvgIpc) is 3.03. The Kier molecular flexibility index (Phi) is 6.26. The first-order chi connectivity index (χ1) is 14.6. The molecule has 3 heterocycles. The van der Waals surface area contributed by atoms with Crippen molar-refractivity contribution in [2.24, 2.45) is 0 Å². The molecule has 1 amide bonds. The molecule has 0 radical (unpaired) electrons. The molecule has 1 aromatic carbocycles. The van der Waals surface area contributed by atoms with Gasteiger partial charge in [0.15, 0.2) is 0 Å². The summed E-state index contributed by atoms with van der Waals surface area (Å²) in [4.78, 5) is 33.7. The van der Waals surface area contributed by atoms with Crippen molar-refractivity contribution >= 4 is 33.4 Å². The van der Waals surface area contributed by atoms with Gasteiger partial charge in [0.05, 0.1) is 24.8 Å². The Morgan fingerprint density at radius 1 is 1.13 bits per heavy atom. The Hall–Kier alpha value is -2.55. The molecule has 1 atom stereocenters. The molecule has 0 spiro atoms. The lowest BCUT2D eigenvalue weighted by atomic mass is 9.95. The number of morpholine rings is 1. The van der Waals surface area contributed by atoms with Crippen LogP contribution < -0.4 is 0 Å². The lowest BCUT2D eigenvalue weighted by molar-refractivity contribution is -0.140. The van der Waals surface area contributed by atoms with Crippen molar-refractivity contribution in [3.8, 4) is 0 Å². The normalized spacial score (nSPS) is 21.9. The van der Waals surface area contributed by atoms with E-state index in [9.17, 15) is 14.7 Å². The zero-order valence-corrected chi connectivity index (χ0v) is 17.9. The van der Waals surface area contributed by atoms with Gasteiger partial charge in [-0.25, -0.2) is 0 Å². The first-order valence-electron chi connectivity index (χ1n) is 9.80. The second-order valence-corrected chi connectivity index (χ2v) is 8.15. The van der Waals surface area contributed by atoms with Crippen LogP contribution in [0.2, 0.25) is 0 Å². The summed E-state index contributed by atoms with van der Waals surface area (Å²) in [7, 11) is 0. The number of carbonyl (C=O) groups is 2. The molecule has 0 bridgehead atoms. The number of aromatic nitrogens is 1. The summed E-state index contributed by atoms with van der Waals surface area (Å²) in [6, 6.07) is 10.1. The minimum atomic E-state index is -0.670. The number of likely N-dealkylation sites (tertiary alicyclic amines) is 1. The minimum Gasteiger partial charge on any atom is -0.507 e. The van der Waals surface area contributed by atoms with Gasteiger partial charge in [-0.05, 0) is 29.8 Å². The number of carbonyl (C=O) groups excluding carboxylic acids is 2. The quantitative estimate of drug-likeness (QED) is 0.409. The number of hydrogen-bond donors (Lipinski definition) is 1. The number of amides is 1. The van der Waals surface area contributed by atoms with E-state index in [2.05, 4.69) is 25.8 Å². The van der Waals surface area contributed by atoms with Gasteiger partial charge in [-0.1, -0.05) is 28.1 Å². The van der Waals surface area contributed by atoms with Crippen LogP contribution in [0.25, 0.3) is 5.76 Å². The number of benzene rings is 1. The van der Waals surface area contributed by atoms with Gasteiger partial charge in [0.2, 0.25) is 0 Å². The van der Waals surface area contributed by atoms with Crippen molar-refractivity contribution in [3.63, 3.8) is 0 Å². The van der Waals surface area contributed by atoms with Crippen molar-refractivity contribution in [1.29, 1.82) is 0 Å². The molecule has 1 unspecified atom stereocenters. The van der Waals surface area contributed by atoms with Crippen LogP contribution in [0.4, 0.5) is 0 Å². The number of Topliss-reactive ketones (excluding diaryl/α,β-unsaturated/α-hetero) is 1. The molecule has 2 aliphatic rings. The summed E-state index contributed by atoms with van der Waals surface area (Å²) < 4.78 is 6.22. The molecule has 2 aromatic rings. The van der Waals surface area contributed by atoms with Gasteiger partial charge in [-0.15, -0.1) is 0 Å². The third-order valence-corrected chi connectivity index (χ3v) is 5.91. The predicted octanol–water partition coefficient (Wildman–Crippen LogP) is 2.60. The molecule has 2 fully saturated rings. The third kappa shape index (κ3) is 4.16. The van der Waals surface area contributed by atoms with E-state index < -0.39 is 17.7 Å². The topological polar surface area (TPSA) is 83.0 Å². The van der Waals surface area contributed by atoms with E-state index in [-0.39, 0.29) is 11.3 Å². The lowest BCUT2D eigenvalue weighted by Gasteiger charge is -2.31. The predicted molar refractivity (Wildman–Crippen MR) is 115 cm³/mol. The molecule has 8 heteroatoms. The molecule has 4 rings (SSSR count). The van der Waals surface area contributed by atoms with Gasteiger partial charge in [0, 0.05) is 48.6 Å². The number of pyridine rings is 1. The largest absolute Gasteiger partial charge is 0.507 e.